The predicted molar refractivity (Wildman–Crippen MR) is 107 cm³/mol. The predicted octanol–water partition coefficient (Wildman–Crippen LogP) is 1.48. The Hall–Kier alpha value is -1.16. The van der Waals surface area contributed by atoms with E-state index in [0.717, 1.165) is 30.7 Å². The van der Waals surface area contributed by atoms with Crippen molar-refractivity contribution < 1.29 is 4.74 Å². The van der Waals surface area contributed by atoms with Crippen molar-refractivity contribution in [3.8, 4) is 0 Å². The minimum atomic E-state index is 0. The number of aliphatic imine (C=N–C) groups is 1. The van der Waals surface area contributed by atoms with E-state index in [1.807, 2.05) is 24.6 Å². The van der Waals surface area contributed by atoms with Crippen LogP contribution >= 0.6 is 24.0 Å². The number of ether oxygens (including phenoxy) is 1. The largest absolute Gasteiger partial charge is 0.374 e. The summed E-state index contributed by atoms with van der Waals surface area (Å²) < 4.78 is 8.06. The average Bonchev–Trinajstić information content (AvgIpc) is 3.32. The molecule has 138 valence electrons. The number of nitrogens with zero attached hydrogens (tertiary/aromatic N) is 5. The van der Waals surface area contributed by atoms with Gasteiger partial charge in [-0.25, -0.2) is 4.99 Å². The minimum Gasteiger partial charge on any atom is -0.374 e. The minimum absolute atomic E-state index is 0. The quantitative estimate of drug-likeness (QED) is 0.321. The van der Waals surface area contributed by atoms with Crippen LogP contribution in [0.2, 0.25) is 0 Å². The molecular weight excluding hydrogens is 431 g/mol. The van der Waals surface area contributed by atoms with Crippen LogP contribution in [0.4, 0.5) is 0 Å². The zero-order valence-corrected chi connectivity index (χ0v) is 17.2. The lowest BCUT2D eigenvalue weighted by Gasteiger charge is -2.23. The highest BCUT2D eigenvalue weighted by Crippen LogP contribution is 2.47. The van der Waals surface area contributed by atoms with E-state index in [1.165, 1.54) is 12.8 Å². The molecule has 0 aromatic carbocycles. The van der Waals surface area contributed by atoms with Crippen molar-refractivity contribution in [2.75, 3.05) is 19.6 Å². The van der Waals surface area contributed by atoms with Crippen molar-refractivity contribution in [1.82, 2.24) is 25.0 Å². The maximum Gasteiger partial charge on any atom is 0.194 e. The first-order chi connectivity index (χ1) is 11.7. The summed E-state index contributed by atoms with van der Waals surface area (Å²) in [6.07, 6.45) is 5.25. The van der Waals surface area contributed by atoms with Crippen LogP contribution in [0.1, 0.15) is 24.5 Å². The third kappa shape index (κ3) is 3.42. The number of hydrogen-bond donors (Lipinski definition) is 1. The molecule has 1 aromatic heterocycles. The van der Waals surface area contributed by atoms with Crippen molar-refractivity contribution in [2.45, 2.75) is 38.5 Å². The first-order valence-electron chi connectivity index (χ1n) is 8.82. The molecule has 0 spiro atoms. The molecular formula is C17H27IN6O. The Morgan fingerprint density at radius 3 is 2.56 bits per heavy atom. The molecule has 7 nitrogen and oxygen atoms in total. The van der Waals surface area contributed by atoms with Gasteiger partial charge < -0.3 is 19.5 Å². The maximum absolute atomic E-state index is 6.07. The van der Waals surface area contributed by atoms with Gasteiger partial charge in [-0.3, -0.25) is 0 Å². The van der Waals surface area contributed by atoms with Crippen molar-refractivity contribution in [1.29, 1.82) is 0 Å². The van der Waals surface area contributed by atoms with Gasteiger partial charge in [-0.2, -0.15) is 0 Å². The van der Waals surface area contributed by atoms with Crippen molar-refractivity contribution in [2.24, 2.45) is 23.9 Å². The Labute approximate surface area is 165 Å². The molecule has 3 aliphatic heterocycles. The summed E-state index contributed by atoms with van der Waals surface area (Å²) in [6, 6.07) is 0. The monoisotopic (exact) mass is 458 g/mol. The molecule has 3 fully saturated rings. The van der Waals surface area contributed by atoms with Crippen LogP contribution in [-0.4, -0.2) is 57.5 Å². The number of nitrogens with one attached hydrogen (secondary N) is 1. The molecule has 4 heterocycles. The molecule has 4 unspecified atom stereocenters. The zero-order valence-electron chi connectivity index (χ0n) is 14.9. The first-order valence-corrected chi connectivity index (χ1v) is 8.82. The lowest BCUT2D eigenvalue weighted by molar-refractivity contribution is 0.0767. The van der Waals surface area contributed by atoms with Gasteiger partial charge in [0, 0.05) is 38.5 Å². The van der Waals surface area contributed by atoms with Gasteiger partial charge >= 0.3 is 0 Å². The van der Waals surface area contributed by atoms with Crippen LogP contribution in [0.15, 0.2) is 17.6 Å². The van der Waals surface area contributed by atoms with Crippen LogP contribution in [0.3, 0.4) is 0 Å². The van der Waals surface area contributed by atoms with Gasteiger partial charge in [0.2, 0.25) is 0 Å². The number of guanidine groups is 1. The number of halogens is 1. The summed E-state index contributed by atoms with van der Waals surface area (Å²) in [5, 5.41) is 11.7. The maximum atomic E-state index is 6.07. The van der Waals surface area contributed by atoms with Gasteiger partial charge in [-0.05, 0) is 19.8 Å². The summed E-state index contributed by atoms with van der Waals surface area (Å²) in [7, 11) is 1.98. The highest BCUT2D eigenvalue weighted by atomic mass is 127. The molecule has 3 saturated heterocycles. The second kappa shape index (κ2) is 7.61. The SMILES string of the molecule is C=CCNC(=NCc1nnc(C)n1C)N1CC2C3CCC(O3)C2C1.I. The number of rotatable bonds is 4. The Bertz CT molecular complexity index is 642. The molecule has 0 aliphatic carbocycles. The van der Waals surface area contributed by atoms with Gasteiger partial charge in [0.25, 0.3) is 0 Å². The van der Waals surface area contributed by atoms with Gasteiger partial charge in [0.05, 0.1) is 12.2 Å². The molecule has 0 radical (unpaired) electrons. The van der Waals surface area contributed by atoms with Crippen LogP contribution in [0.25, 0.3) is 0 Å². The Morgan fingerprint density at radius 1 is 1.32 bits per heavy atom. The molecule has 2 bridgehead atoms. The molecule has 1 N–H and O–H groups in total. The van der Waals surface area contributed by atoms with E-state index >= 15 is 0 Å². The van der Waals surface area contributed by atoms with Crippen LogP contribution < -0.4 is 5.32 Å². The van der Waals surface area contributed by atoms with E-state index in [4.69, 9.17) is 9.73 Å². The van der Waals surface area contributed by atoms with E-state index < -0.39 is 0 Å². The molecule has 0 amide bonds. The fourth-order valence-electron chi connectivity index (χ4n) is 4.30. The highest BCUT2D eigenvalue weighted by molar-refractivity contribution is 14.0. The standard InChI is InChI=1S/C17H26N6O.HI/c1-4-7-18-17(19-8-16-21-20-11(2)22(16)3)23-9-12-13(10-23)15-6-5-14(12)24-15;/h4,12-15H,1,5-10H2,2-3H3,(H,18,19);1H. The molecule has 4 rings (SSSR count). The van der Waals surface area contributed by atoms with E-state index in [-0.39, 0.29) is 24.0 Å². The zero-order chi connectivity index (χ0) is 16.7. The van der Waals surface area contributed by atoms with E-state index in [0.29, 0.717) is 37.1 Å². The van der Waals surface area contributed by atoms with Crippen LogP contribution in [-0.2, 0) is 18.3 Å². The average molecular weight is 458 g/mol. The molecule has 1 aromatic rings. The number of aryl methyl sites for hydroxylation is 1. The van der Waals surface area contributed by atoms with E-state index in [9.17, 15) is 0 Å². The Morgan fingerprint density at radius 2 is 2.00 bits per heavy atom. The molecule has 3 aliphatic rings. The van der Waals surface area contributed by atoms with Gasteiger partial charge in [-0.1, -0.05) is 6.08 Å². The fraction of sp³-hybridized carbons (Fsp3) is 0.706. The Balaban J connectivity index is 0.00000182. The summed E-state index contributed by atoms with van der Waals surface area (Å²) in [6.45, 7) is 9.07. The summed E-state index contributed by atoms with van der Waals surface area (Å²) in [4.78, 5) is 7.19. The van der Waals surface area contributed by atoms with Gasteiger partial charge in [0.1, 0.15) is 12.4 Å². The Kier molecular flexibility index (Phi) is 5.67. The van der Waals surface area contributed by atoms with Crippen molar-refractivity contribution in [3.63, 3.8) is 0 Å². The lowest BCUT2D eigenvalue weighted by Crippen LogP contribution is -2.41. The number of fused-ring (bicyclic) bond motifs is 5. The third-order valence-electron chi connectivity index (χ3n) is 5.71. The third-order valence-corrected chi connectivity index (χ3v) is 5.71. The van der Waals surface area contributed by atoms with Crippen molar-refractivity contribution >= 4 is 29.9 Å². The lowest BCUT2D eigenvalue weighted by atomic mass is 9.82. The summed E-state index contributed by atoms with van der Waals surface area (Å²) >= 11 is 0. The van der Waals surface area contributed by atoms with Crippen LogP contribution in [0, 0.1) is 18.8 Å². The summed E-state index contributed by atoms with van der Waals surface area (Å²) in [5.74, 6) is 4.07. The van der Waals surface area contributed by atoms with E-state index in [1.54, 1.807) is 0 Å². The number of likely N-dealkylation sites (tertiary alicyclic amines) is 1. The smallest absolute Gasteiger partial charge is 0.194 e. The normalized spacial score (nSPS) is 30.3. The van der Waals surface area contributed by atoms with Gasteiger partial charge in [0.15, 0.2) is 11.8 Å². The topological polar surface area (TPSA) is 67.6 Å². The molecule has 8 heteroatoms. The molecule has 0 saturated carbocycles. The van der Waals surface area contributed by atoms with E-state index in [2.05, 4.69) is 27.0 Å². The van der Waals surface area contributed by atoms with Crippen LogP contribution in [0.5, 0.6) is 0 Å². The first kappa shape index (κ1) is 18.6. The summed E-state index contributed by atoms with van der Waals surface area (Å²) in [5.41, 5.74) is 0. The highest BCUT2D eigenvalue weighted by Gasteiger charge is 2.53. The molecule has 4 atom stereocenters. The number of hydrogen-bond acceptors (Lipinski definition) is 4. The van der Waals surface area contributed by atoms with Crippen molar-refractivity contribution in [3.05, 3.63) is 24.3 Å². The molecule has 25 heavy (non-hydrogen) atoms. The number of aromatic nitrogens is 3. The second-order valence-electron chi connectivity index (χ2n) is 7.05. The van der Waals surface area contributed by atoms with Gasteiger partial charge in [-0.15, -0.1) is 40.8 Å². The second-order valence-corrected chi connectivity index (χ2v) is 7.05. The fourth-order valence-corrected chi connectivity index (χ4v) is 4.30.